The van der Waals surface area contributed by atoms with E-state index >= 15 is 0 Å². The number of thiocarbonyl (C=S) groups is 1. The van der Waals surface area contributed by atoms with Gasteiger partial charge in [-0.1, -0.05) is 25.6 Å². The Balaban J connectivity index is 4.21. The van der Waals surface area contributed by atoms with Crippen molar-refractivity contribution in [3.63, 3.8) is 0 Å². The number of sulfone groups is 1. The lowest BCUT2D eigenvalue weighted by Gasteiger charge is -2.16. The summed E-state index contributed by atoms with van der Waals surface area (Å²) in [5.74, 6) is -0.993. The number of unbranched alkanes of at least 4 members (excludes halogenated alkanes) is 1. The van der Waals surface area contributed by atoms with Crippen LogP contribution in [-0.2, 0) is 14.6 Å². The molecule has 0 aromatic rings. The third-order valence-corrected chi connectivity index (χ3v) is 3.99. The van der Waals surface area contributed by atoms with Crippen LogP contribution in [0.1, 0.15) is 26.2 Å². The molecule has 0 fully saturated rings. The Morgan fingerprint density at radius 3 is 2.47 bits per heavy atom. The molecule has 0 aliphatic rings. The highest BCUT2D eigenvalue weighted by Gasteiger charge is 2.19. The summed E-state index contributed by atoms with van der Waals surface area (Å²) in [6.07, 6.45) is 1.96. The molecule has 0 saturated heterocycles. The Hall–Kier alpha value is -0.690. The van der Waals surface area contributed by atoms with Gasteiger partial charge < -0.3 is 10.6 Å². The van der Waals surface area contributed by atoms with E-state index in [4.69, 9.17) is 5.73 Å². The van der Waals surface area contributed by atoms with Crippen LogP contribution in [0.5, 0.6) is 0 Å². The van der Waals surface area contributed by atoms with Crippen LogP contribution in [0.2, 0.25) is 0 Å². The van der Waals surface area contributed by atoms with Gasteiger partial charge in [0.25, 0.3) is 0 Å². The van der Waals surface area contributed by atoms with Gasteiger partial charge in [0, 0.05) is 20.0 Å². The summed E-state index contributed by atoms with van der Waals surface area (Å²) in [4.78, 5) is 13.2. The fraction of sp³-hybridized carbons (Fsp3) is 0.800. The number of hydrogen-bond acceptors (Lipinski definition) is 4. The molecular weight excluding hydrogens is 260 g/mol. The number of nitrogens with zero attached hydrogens (tertiary/aromatic N) is 1. The highest BCUT2D eigenvalue weighted by atomic mass is 32.2. The average molecular weight is 280 g/mol. The Labute approximate surface area is 108 Å². The van der Waals surface area contributed by atoms with Crippen molar-refractivity contribution in [1.82, 2.24) is 4.90 Å². The summed E-state index contributed by atoms with van der Waals surface area (Å²) < 4.78 is 23.1. The van der Waals surface area contributed by atoms with E-state index in [2.05, 4.69) is 12.2 Å². The van der Waals surface area contributed by atoms with E-state index in [1.165, 1.54) is 4.90 Å². The Morgan fingerprint density at radius 2 is 2.00 bits per heavy atom. The highest BCUT2D eigenvalue weighted by Crippen LogP contribution is 1.99. The first-order valence-corrected chi connectivity index (χ1v) is 7.74. The van der Waals surface area contributed by atoms with Crippen LogP contribution < -0.4 is 5.73 Å². The molecule has 0 unspecified atom stereocenters. The van der Waals surface area contributed by atoms with Crippen molar-refractivity contribution in [2.75, 3.05) is 25.1 Å². The van der Waals surface area contributed by atoms with Crippen molar-refractivity contribution in [3.05, 3.63) is 0 Å². The van der Waals surface area contributed by atoms with E-state index in [-0.39, 0.29) is 23.1 Å². The number of carbonyl (C=O) groups is 1. The minimum Gasteiger partial charge on any atom is -0.393 e. The Kier molecular flexibility index (Phi) is 7.29. The maximum absolute atomic E-state index is 11.6. The maximum atomic E-state index is 11.6. The van der Waals surface area contributed by atoms with Gasteiger partial charge in [-0.05, 0) is 6.42 Å². The van der Waals surface area contributed by atoms with Crippen molar-refractivity contribution < 1.29 is 13.2 Å². The molecule has 0 aromatic carbocycles. The first-order chi connectivity index (χ1) is 7.78. The van der Waals surface area contributed by atoms with E-state index in [1.54, 1.807) is 7.05 Å². The van der Waals surface area contributed by atoms with Gasteiger partial charge in [-0.25, -0.2) is 8.42 Å². The van der Waals surface area contributed by atoms with E-state index in [0.29, 0.717) is 6.54 Å². The van der Waals surface area contributed by atoms with Crippen molar-refractivity contribution in [2.45, 2.75) is 26.2 Å². The fourth-order valence-corrected chi connectivity index (χ4v) is 2.65. The molecular formula is C10H20N2O3S2. The number of amides is 1. The van der Waals surface area contributed by atoms with Crippen molar-refractivity contribution in [2.24, 2.45) is 5.73 Å². The lowest BCUT2D eigenvalue weighted by molar-refractivity contribution is -0.127. The van der Waals surface area contributed by atoms with Crippen LogP contribution in [0.25, 0.3) is 0 Å². The maximum Gasteiger partial charge on any atom is 0.237 e. The molecule has 0 rings (SSSR count). The predicted octanol–water partition coefficient (Wildman–Crippen LogP) is 0.336. The first-order valence-electron chi connectivity index (χ1n) is 5.51. The second-order valence-electron chi connectivity index (χ2n) is 3.98. The van der Waals surface area contributed by atoms with Gasteiger partial charge in [0.1, 0.15) is 5.75 Å². The van der Waals surface area contributed by atoms with Crippen LogP contribution in [0, 0.1) is 0 Å². The summed E-state index contributed by atoms with van der Waals surface area (Å²) in [5.41, 5.74) is 5.23. The zero-order valence-electron chi connectivity index (χ0n) is 10.3. The number of nitrogens with two attached hydrogens (primary N) is 1. The quantitative estimate of drug-likeness (QED) is 0.648. The molecule has 1 amide bonds. The largest absolute Gasteiger partial charge is 0.393 e. The zero-order chi connectivity index (χ0) is 13.5. The lowest BCUT2D eigenvalue weighted by Crippen LogP contribution is -2.34. The van der Waals surface area contributed by atoms with E-state index < -0.39 is 15.6 Å². The van der Waals surface area contributed by atoms with Crippen molar-refractivity contribution >= 4 is 33.0 Å². The van der Waals surface area contributed by atoms with Crippen molar-refractivity contribution in [3.8, 4) is 0 Å². The van der Waals surface area contributed by atoms with Gasteiger partial charge in [0.05, 0.1) is 10.7 Å². The van der Waals surface area contributed by atoms with Gasteiger partial charge in [-0.3, -0.25) is 4.79 Å². The Bertz CT molecular complexity index is 366. The van der Waals surface area contributed by atoms with E-state index in [9.17, 15) is 13.2 Å². The summed E-state index contributed by atoms with van der Waals surface area (Å²) >= 11 is 4.60. The summed E-state index contributed by atoms with van der Waals surface area (Å²) in [5, 5.41) is 0. The van der Waals surface area contributed by atoms with Crippen LogP contribution in [0.4, 0.5) is 0 Å². The second kappa shape index (κ2) is 7.60. The molecule has 0 aromatic heterocycles. The van der Waals surface area contributed by atoms with Crippen LogP contribution in [0.15, 0.2) is 0 Å². The molecule has 5 nitrogen and oxygen atoms in total. The third kappa shape index (κ3) is 8.09. The normalized spacial score (nSPS) is 11.2. The molecule has 100 valence electrons. The molecule has 0 aliphatic carbocycles. The molecule has 0 saturated carbocycles. The van der Waals surface area contributed by atoms with Gasteiger partial charge in [0.15, 0.2) is 9.84 Å². The van der Waals surface area contributed by atoms with Gasteiger partial charge in [-0.2, -0.15) is 0 Å². The lowest BCUT2D eigenvalue weighted by atomic mass is 10.3. The first kappa shape index (κ1) is 16.3. The van der Waals surface area contributed by atoms with Crippen molar-refractivity contribution in [1.29, 1.82) is 0 Å². The Morgan fingerprint density at radius 1 is 1.41 bits per heavy atom. The second-order valence-corrected chi connectivity index (χ2v) is 6.69. The SMILES string of the molecule is CCCCN(C)C(=O)CS(=O)(=O)CCC(N)=S. The zero-order valence-corrected chi connectivity index (χ0v) is 11.9. The van der Waals surface area contributed by atoms with Gasteiger partial charge >= 0.3 is 0 Å². The van der Waals surface area contributed by atoms with E-state index in [0.717, 1.165) is 12.8 Å². The molecule has 0 aliphatic heterocycles. The standard InChI is InChI=1S/C10H20N2O3S2/c1-3-4-6-12(2)10(13)8-17(14,15)7-5-9(11)16/h3-8H2,1-2H3,(H2,11,16). The van der Waals surface area contributed by atoms with Gasteiger partial charge in [-0.15, -0.1) is 0 Å². The molecule has 7 heteroatoms. The van der Waals surface area contributed by atoms with E-state index in [1.807, 2.05) is 6.92 Å². The number of hydrogen-bond donors (Lipinski definition) is 1. The molecule has 0 spiro atoms. The third-order valence-electron chi connectivity index (χ3n) is 2.28. The van der Waals surface area contributed by atoms with Crippen LogP contribution in [0.3, 0.4) is 0 Å². The summed E-state index contributed by atoms with van der Waals surface area (Å²) in [7, 11) is -1.79. The monoisotopic (exact) mass is 280 g/mol. The molecule has 0 bridgehead atoms. The molecule has 0 heterocycles. The number of carbonyl (C=O) groups excluding carboxylic acids is 1. The number of rotatable bonds is 8. The molecule has 0 atom stereocenters. The van der Waals surface area contributed by atoms with Crippen LogP contribution >= 0.6 is 12.2 Å². The minimum atomic E-state index is -3.40. The van der Waals surface area contributed by atoms with Crippen LogP contribution in [-0.4, -0.2) is 49.3 Å². The topological polar surface area (TPSA) is 80.5 Å². The van der Waals surface area contributed by atoms with Gasteiger partial charge in [0.2, 0.25) is 5.91 Å². The summed E-state index contributed by atoms with van der Waals surface area (Å²) in [6.45, 7) is 2.59. The summed E-state index contributed by atoms with van der Waals surface area (Å²) in [6, 6.07) is 0. The predicted molar refractivity (Wildman–Crippen MR) is 72.6 cm³/mol. The highest BCUT2D eigenvalue weighted by molar-refractivity contribution is 7.92. The fourth-order valence-electron chi connectivity index (χ4n) is 1.15. The molecule has 2 N–H and O–H groups in total. The molecule has 17 heavy (non-hydrogen) atoms. The average Bonchev–Trinajstić information content (AvgIpc) is 2.22. The molecule has 0 radical (unpaired) electrons. The minimum absolute atomic E-state index is 0.129. The smallest absolute Gasteiger partial charge is 0.237 e.